The molecule has 138 valence electrons. The molecule has 1 N–H and O–H groups in total. The Bertz CT molecular complexity index is 597. The Hall–Kier alpha value is -1.14. The van der Waals surface area contributed by atoms with Crippen molar-refractivity contribution in [3.8, 4) is 0 Å². The number of piperidine rings is 1. The molecule has 2 aliphatic carbocycles. The monoisotopic (exact) mass is 362 g/mol. The number of rotatable bonds is 4. The number of carbonyl (C=O) groups excluding carboxylic acids is 1. The maximum Gasteiger partial charge on any atom is 0.317 e. The minimum atomic E-state index is 0.168. The molecule has 5 nitrogen and oxygen atoms in total. The molecule has 1 spiro atoms. The van der Waals surface area contributed by atoms with Crippen molar-refractivity contribution in [3.63, 3.8) is 0 Å². The van der Waals surface area contributed by atoms with E-state index in [-0.39, 0.29) is 6.03 Å². The van der Waals surface area contributed by atoms with Gasteiger partial charge in [0.15, 0.2) is 0 Å². The SMILES string of the molecule is C[C@@H]1CCC[C@@H]1NC(=O)N1CCC2(CC1)C[C@H]2N(C)Cc1nccs1. The summed E-state index contributed by atoms with van der Waals surface area (Å²) >= 11 is 1.74. The van der Waals surface area contributed by atoms with Crippen molar-refractivity contribution in [3.05, 3.63) is 16.6 Å². The van der Waals surface area contributed by atoms with Gasteiger partial charge in [-0.1, -0.05) is 13.3 Å². The van der Waals surface area contributed by atoms with E-state index >= 15 is 0 Å². The summed E-state index contributed by atoms with van der Waals surface area (Å²) in [7, 11) is 2.22. The molecule has 3 fully saturated rings. The van der Waals surface area contributed by atoms with E-state index in [9.17, 15) is 4.79 Å². The van der Waals surface area contributed by atoms with Gasteiger partial charge in [0.2, 0.25) is 0 Å². The normalized spacial score (nSPS) is 30.8. The first-order chi connectivity index (χ1) is 12.1. The van der Waals surface area contributed by atoms with Gasteiger partial charge in [0, 0.05) is 36.8 Å². The third-order valence-electron chi connectivity index (χ3n) is 6.76. The lowest BCUT2D eigenvalue weighted by Crippen LogP contribution is -2.49. The van der Waals surface area contributed by atoms with Crippen molar-refractivity contribution in [1.29, 1.82) is 0 Å². The van der Waals surface area contributed by atoms with E-state index in [1.54, 1.807) is 11.3 Å². The second-order valence-electron chi connectivity index (χ2n) is 8.37. The van der Waals surface area contributed by atoms with E-state index in [1.807, 2.05) is 16.5 Å². The highest BCUT2D eigenvalue weighted by molar-refractivity contribution is 7.09. The third kappa shape index (κ3) is 3.56. The van der Waals surface area contributed by atoms with Crippen molar-refractivity contribution in [1.82, 2.24) is 20.1 Å². The Kier molecular flexibility index (Phi) is 4.75. The van der Waals surface area contributed by atoms with Crippen LogP contribution >= 0.6 is 11.3 Å². The van der Waals surface area contributed by atoms with Gasteiger partial charge in [-0.05, 0) is 50.5 Å². The van der Waals surface area contributed by atoms with Crippen LogP contribution in [0.25, 0.3) is 0 Å². The second-order valence-corrected chi connectivity index (χ2v) is 9.35. The number of amides is 2. The molecule has 6 heteroatoms. The first-order valence-electron chi connectivity index (χ1n) is 9.71. The van der Waals surface area contributed by atoms with Crippen LogP contribution < -0.4 is 5.32 Å². The van der Waals surface area contributed by atoms with Crippen LogP contribution in [0.5, 0.6) is 0 Å². The molecule has 0 bridgehead atoms. The first kappa shape index (κ1) is 17.3. The van der Waals surface area contributed by atoms with Gasteiger partial charge >= 0.3 is 6.03 Å². The average Bonchev–Trinajstić information content (AvgIpc) is 2.92. The molecule has 1 aromatic rings. The molecule has 25 heavy (non-hydrogen) atoms. The van der Waals surface area contributed by atoms with Crippen LogP contribution in [0.4, 0.5) is 4.79 Å². The largest absolute Gasteiger partial charge is 0.335 e. The van der Waals surface area contributed by atoms with Crippen LogP contribution in [0.2, 0.25) is 0 Å². The summed E-state index contributed by atoms with van der Waals surface area (Å²) in [5, 5.41) is 6.53. The van der Waals surface area contributed by atoms with Crippen molar-refractivity contribution in [2.45, 2.75) is 64.1 Å². The standard InChI is InChI=1S/C19H30N4OS/c1-14-4-3-5-15(14)21-18(24)23-9-6-19(7-10-23)12-16(19)22(2)13-17-20-8-11-25-17/h8,11,14-16H,3-7,9-10,12-13H2,1-2H3,(H,21,24)/t14-,15+,16-/m1/s1. The van der Waals surface area contributed by atoms with Gasteiger partial charge in [-0.25, -0.2) is 9.78 Å². The summed E-state index contributed by atoms with van der Waals surface area (Å²) < 4.78 is 0. The van der Waals surface area contributed by atoms with Crippen molar-refractivity contribution in [2.75, 3.05) is 20.1 Å². The molecule has 1 saturated heterocycles. The molecular weight excluding hydrogens is 332 g/mol. The molecule has 2 heterocycles. The number of nitrogens with zero attached hydrogens (tertiary/aromatic N) is 3. The van der Waals surface area contributed by atoms with Gasteiger partial charge in [0.05, 0.1) is 6.54 Å². The molecule has 0 unspecified atom stereocenters. The third-order valence-corrected chi connectivity index (χ3v) is 7.53. The predicted molar refractivity (Wildman–Crippen MR) is 101 cm³/mol. The Morgan fingerprint density at radius 2 is 2.24 bits per heavy atom. The maximum absolute atomic E-state index is 12.6. The molecule has 1 aromatic heterocycles. The number of carbonyl (C=O) groups is 1. The molecular formula is C19H30N4OS. The van der Waals surface area contributed by atoms with E-state index in [0.29, 0.717) is 23.4 Å². The zero-order valence-electron chi connectivity index (χ0n) is 15.4. The zero-order chi connectivity index (χ0) is 17.4. The Morgan fingerprint density at radius 1 is 1.44 bits per heavy atom. The van der Waals surface area contributed by atoms with Crippen LogP contribution in [-0.2, 0) is 6.54 Å². The molecule has 1 aliphatic heterocycles. The summed E-state index contributed by atoms with van der Waals surface area (Å²) in [5.74, 6) is 0.632. The van der Waals surface area contributed by atoms with Crippen LogP contribution in [-0.4, -0.2) is 53.0 Å². The van der Waals surface area contributed by atoms with Gasteiger partial charge in [-0.3, -0.25) is 4.90 Å². The summed E-state index contributed by atoms with van der Waals surface area (Å²) in [4.78, 5) is 21.5. The lowest BCUT2D eigenvalue weighted by molar-refractivity contribution is 0.144. The van der Waals surface area contributed by atoms with E-state index < -0.39 is 0 Å². The highest BCUT2D eigenvalue weighted by atomic mass is 32.1. The fourth-order valence-corrected chi connectivity index (χ4v) is 5.59. The fraction of sp³-hybridized carbons (Fsp3) is 0.789. The van der Waals surface area contributed by atoms with Gasteiger partial charge in [0.1, 0.15) is 5.01 Å². The number of urea groups is 1. The van der Waals surface area contributed by atoms with E-state index in [4.69, 9.17) is 0 Å². The van der Waals surface area contributed by atoms with Crippen molar-refractivity contribution < 1.29 is 4.79 Å². The predicted octanol–water partition coefficient (Wildman–Crippen LogP) is 3.33. The van der Waals surface area contributed by atoms with Gasteiger partial charge in [0.25, 0.3) is 0 Å². The number of aromatic nitrogens is 1. The summed E-state index contributed by atoms with van der Waals surface area (Å²) in [5.41, 5.74) is 0.448. The smallest absolute Gasteiger partial charge is 0.317 e. The van der Waals surface area contributed by atoms with Gasteiger partial charge < -0.3 is 10.2 Å². The molecule has 0 aromatic carbocycles. The molecule has 0 radical (unpaired) electrons. The highest BCUT2D eigenvalue weighted by Crippen LogP contribution is 2.56. The van der Waals surface area contributed by atoms with E-state index in [2.05, 4.69) is 29.2 Å². The lowest BCUT2D eigenvalue weighted by atomic mass is 9.92. The summed E-state index contributed by atoms with van der Waals surface area (Å²) in [6, 6.07) is 1.22. The molecule has 3 atom stereocenters. The van der Waals surface area contributed by atoms with Crippen LogP contribution in [0.1, 0.15) is 50.5 Å². The van der Waals surface area contributed by atoms with E-state index in [0.717, 1.165) is 38.9 Å². The van der Waals surface area contributed by atoms with Crippen LogP contribution in [0, 0.1) is 11.3 Å². The topological polar surface area (TPSA) is 48.5 Å². The van der Waals surface area contributed by atoms with Crippen molar-refractivity contribution in [2.24, 2.45) is 11.3 Å². The number of thiazole rings is 1. The lowest BCUT2D eigenvalue weighted by Gasteiger charge is -2.35. The van der Waals surface area contributed by atoms with E-state index in [1.165, 1.54) is 24.3 Å². The molecule has 3 aliphatic rings. The summed E-state index contributed by atoms with van der Waals surface area (Å²) in [6.45, 7) is 5.03. The number of hydrogen-bond acceptors (Lipinski definition) is 4. The zero-order valence-corrected chi connectivity index (χ0v) is 16.2. The molecule has 2 saturated carbocycles. The maximum atomic E-state index is 12.6. The fourth-order valence-electron chi connectivity index (χ4n) is 4.91. The highest BCUT2D eigenvalue weighted by Gasteiger charge is 2.56. The Balaban J connectivity index is 1.25. The minimum Gasteiger partial charge on any atom is -0.335 e. The van der Waals surface area contributed by atoms with Crippen LogP contribution in [0.3, 0.4) is 0 Å². The molecule has 4 rings (SSSR count). The summed E-state index contributed by atoms with van der Waals surface area (Å²) in [6.07, 6.45) is 9.11. The Morgan fingerprint density at radius 3 is 2.88 bits per heavy atom. The van der Waals surface area contributed by atoms with Crippen molar-refractivity contribution >= 4 is 17.4 Å². The average molecular weight is 363 g/mol. The Labute approximate surface area is 154 Å². The number of hydrogen-bond donors (Lipinski definition) is 1. The quantitative estimate of drug-likeness (QED) is 0.894. The van der Waals surface area contributed by atoms with Gasteiger partial charge in [-0.15, -0.1) is 11.3 Å². The van der Waals surface area contributed by atoms with Crippen LogP contribution in [0.15, 0.2) is 11.6 Å². The second kappa shape index (κ2) is 6.88. The minimum absolute atomic E-state index is 0.168. The molecule has 2 amide bonds. The number of likely N-dealkylation sites (tertiary alicyclic amines) is 1. The first-order valence-corrected chi connectivity index (χ1v) is 10.6. The van der Waals surface area contributed by atoms with Gasteiger partial charge in [-0.2, -0.15) is 0 Å². The number of nitrogens with one attached hydrogen (secondary N) is 1.